The predicted molar refractivity (Wildman–Crippen MR) is 383 cm³/mol. The van der Waals surface area contributed by atoms with Crippen LogP contribution in [0.1, 0.15) is 64.9 Å². The molecule has 18 rings (SSSR count). The third-order valence-corrected chi connectivity index (χ3v) is 19.9. The highest BCUT2D eigenvalue weighted by Gasteiger charge is 2.53. The summed E-state index contributed by atoms with van der Waals surface area (Å²) in [5.41, 5.74) is 30.2. The van der Waals surface area contributed by atoms with Gasteiger partial charge in [0.1, 0.15) is 0 Å². The zero-order valence-electron chi connectivity index (χ0n) is 48.3. The molecule has 0 aromatic heterocycles. The summed E-state index contributed by atoms with van der Waals surface area (Å²) in [4.78, 5) is 6.88. The van der Waals surface area contributed by atoms with Gasteiger partial charge in [-0.15, -0.1) is 0 Å². The molecule has 0 bridgehead atoms. The van der Waals surface area contributed by atoms with Crippen molar-refractivity contribution in [1.29, 1.82) is 0 Å². The van der Waals surface area contributed by atoms with E-state index in [1.54, 1.807) is 0 Å². The van der Waals surface area contributed by atoms with Gasteiger partial charge in [0.25, 0.3) is 0 Å². The van der Waals surface area contributed by atoms with E-state index < -0.39 is 5.41 Å². The fourth-order valence-electron chi connectivity index (χ4n) is 15.3. The van der Waals surface area contributed by atoms with Crippen molar-refractivity contribution in [1.82, 2.24) is 0 Å². The lowest BCUT2D eigenvalue weighted by molar-refractivity contribution is 0.477. The lowest BCUT2D eigenvalue weighted by atomic mass is 9.70. The molecule has 0 N–H and O–H groups in total. The summed E-state index contributed by atoms with van der Waals surface area (Å²) in [6.45, 7) is 2.21. The Bertz CT molecular complexity index is 4840. The van der Waals surface area contributed by atoms with E-state index in [-0.39, 0.29) is 20.3 Å². The average Bonchev–Trinajstić information content (AvgIpc) is 1.52. The Balaban J connectivity index is 0.000000194. The Morgan fingerprint density at radius 2 is 0.667 bits per heavy atom. The molecule has 90 heavy (non-hydrogen) atoms. The molecule has 4 aliphatic carbocycles. The van der Waals surface area contributed by atoms with E-state index in [9.17, 15) is 0 Å². The highest BCUT2D eigenvalue weighted by atomic mass is 79.9. The number of fused-ring (bicyclic) bond motifs is 22. The molecular weight excluding hydrogens is 1230 g/mol. The van der Waals surface area contributed by atoms with Crippen LogP contribution < -0.4 is 19.4 Å². The van der Waals surface area contributed by atoms with Crippen LogP contribution in [0.15, 0.2) is 306 Å². The zero-order valence-corrected chi connectivity index (χ0v) is 51.5. The van der Waals surface area contributed by atoms with Gasteiger partial charge in [-0.1, -0.05) is 240 Å². The lowest BCUT2D eigenvalue weighted by Crippen LogP contribution is -2.26. The number of benzene rings is 13. The minimum Gasteiger partial charge on any atom is -0.453 e. The number of para-hydroxylation sites is 3. The summed E-state index contributed by atoms with van der Waals surface area (Å²) in [6, 6.07) is 108. The second kappa shape index (κ2) is 22.0. The van der Waals surface area contributed by atoms with Gasteiger partial charge in [0.15, 0.2) is 11.5 Å². The second-order valence-electron chi connectivity index (χ2n) is 23.5. The summed E-state index contributed by atoms with van der Waals surface area (Å²) in [5.74, 6) is 1.58. The molecule has 5 aliphatic rings. The van der Waals surface area contributed by atoms with Gasteiger partial charge in [0.05, 0.1) is 22.2 Å². The van der Waals surface area contributed by atoms with Crippen molar-refractivity contribution in [2.24, 2.45) is 0 Å². The molecule has 0 fully saturated rings. The van der Waals surface area contributed by atoms with E-state index in [1.807, 2.05) is 6.07 Å². The van der Waals surface area contributed by atoms with Crippen LogP contribution in [0.2, 0.25) is 0 Å². The van der Waals surface area contributed by atoms with Crippen molar-refractivity contribution >= 4 is 77.4 Å². The first kappa shape index (κ1) is 56.5. The molecule has 0 radical (unpaired) electrons. The molecule has 13 aromatic carbocycles. The number of hydrogen-bond acceptors (Lipinski definition) is 4. The normalized spacial score (nSPS) is 13.4. The van der Waals surface area contributed by atoms with Crippen LogP contribution in [0.25, 0.3) is 44.5 Å². The highest BCUT2D eigenvalue weighted by Crippen LogP contribution is 2.65. The van der Waals surface area contributed by atoms with Crippen molar-refractivity contribution in [3.05, 3.63) is 356 Å². The van der Waals surface area contributed by atoms with E-state index in [0.717, 1.165) is 65.9 Å². The zero-order chi connectivity index (χ0) is 58.8. The first-order valence-electron chi connectivity index (χ1n) is 30.0. The number of rotatable bonds is 6. The van der Waals surface area contributed by atoms with Crippen LogP contribution in [0.4, 0.5) is 45.5 Å². The minimum atomic E-state index is -0.453. The molecule has 1 heterocycles. The number of nitrogens with zero attached hydrogens (tertiary/aromatic N) is 3. The molecule has 4 nitrogen and oxygen atoms in total. The summed E-state index contributed by atoms with van der Waals surface area (Å²) in [7, 11) is 2.10. The van der Waals surface area contributed by atoms with Gasteiger partial charge in [0, 0.05) is 62.3 Å². The van der Waals surface area contributed by atoms with Crippen molar-refractivity contribution in [2.45, 2.75) is 32.6 Å². The number of halogens is 2. The van der Waals surface area contributed by atoms with Gasteiger partial charge in [-0.05, 0) is 193 Å². The number of hydrogen-bond donors (Lipinski definition) is 0. The van der Waals surface area contributed by atoms with Gasteiger partial charge in [-0.25, -0.2) is 0 Å². The van der Waals surface area contributed by atoms with Crippen LogP contribution in [0, 0.1) is 6.92 Å². The fraction of sp³-hybridized carbons (Fsp3) is 0.0714. The van der Waals surface area contributed by atoms with E-state index in [1.165, 1.54) is 94.6 Å². The maximum Gasteiger partial charge on any atom is 0.153 e. The van der Waals surface area contributed by atoms with Gasteiger partial charge < -0.3 is 19.4 Å². The SMILES string of the molecule is Brc1ccc2c(c1)C1(c3ccccc3-c3ccccc31)c1cc(Br)ccc1-2.C.C.Cc1ccc2c(c1)C1(c3ccccc3-c3ccccc31)c1cc(N(c3ccccc3)c3ccc4c(c3)Oc3cc(N(C)c5ccccc5)ccc3N4c3ccccc3)ccc1-2. The maximum absolute atomic E-state index is 7.01. The van der Waals surface area contributed by atoms with Gasteiger partial charge in [0.2, 0.25) is 0 Å². The summed E-state index contributed by atoms with van der Waals surface area (Å²) >= 11 is 7.45. The largest absolute Gasteiger partial charge is 0.453 e. The Kier molecular flexibility index (Phi) is 13.8. The molecule has 1 aliphatic heterocycles. The number of anilines is 8. The third-order valence-electron chi connectivity index (χ3n) is 18.9. The molecule has 434 valence electrons. The maximum atomic E-state index is 7.01. The van der Waals surface area contributed by atoms with Crippen LogP contribution in [0.5, 0.6) is 11.5 Å². The topological polar surface area (TPSA) is 19.0 Å². The van der Waals surface area contributed by atoms with Gasteiger partial charge >= 0.3 is 0 Å². The molecule has 0 atom stereocenters. The molecular formula is C84H63Br2N3O. The molecule has 6 heteroatoms. The number of ether oxygens (including phenoxy) is 1. The Morgan fingerprint density at radius 3 is 1.17 bits per heavy atom. The van der Waals surface area contributed by atoms with E-state index in [4.69, 9.17) is 4.74 Å². The second-order valence-corrected chi connectivity index (χ2v) is 25.3. The van der Waals surface area contributed by atoms with Crippen LogP contribution in [-0.2, 0) is 10.8 Å². The first-order valence-corrected chi connectivity index (χ1v) is 31.6. The molecule has 0 unspecified atom stereocenters. The van der Waals surface area contributed by atoms with Gasteiger partial charge in [-0.2, -0.15) is 0 Å². The first-order chi connectivity index (χ1) is 43.3. The van der Waals surface area contributed by atoms with Crippen molar-refractivity contribution < 1.29 is 4.74 Å². The molecule has 2 spiro atoms. The Hall–Kier alpha value is -9.98. The van der Waals surface area contributed by atoms with Gasteiger partial charge in [-0.3, -0.25) is 0 Å². The lowest BCUT2D eigenvalue weighted by Gasteiger charge is -2.35. The highest BCUT2D eigenvalue weighted by molar-refractivity contribution is 9.10. The monoisotopic (exact) mass is 1290 g/mol. The van der Waals surface area contributed by atoms with Crippen molar-refractivity contribution in [3.8, 4) is 56.0 Å². The minimum absolute atomic E-state index is 0. The van der Waals surface area contributed by atoms with Crippen molar-refractivity contribution in [2.75, 3.05) is 21.7 Å². The Labute approximate surface area is 544 Å². The molecule has 13 aromatic rings. The Morgan fingerprint density at radius 1 is 0.311 bits per heavy atom. The molecule has 0 saturated carbocycles. The smallest absolute Gasteiger partial charge is 0.153 e. The van der Waals surface area contributed by atoms with E-state index in [2.05, 4.69) is 352 Å². The van der Waals surface area contributed by atoms with Crippen LogP contribution in [-0.4, -0.2) is 7.05 Å². The summed E-state index contributed by atoms with van der Waals surface area (Å²) in [5, 5.41) is 0. The third kappa shape index (κ3) is 8.31. The van der Waals surface area contributed by atoms with Crippen LogP contribution in [0.3, 0.4) is 0 Å². The average molecular weight is 1290 g/mol. The molecule has 0 amide bonds. The van der Waals surface area contributed by atoms with Crippen molar-refractivity contribution in [3.63, 3.8) is 0 Å². The quantitative estimate of drug-likeness (QED) is 0.165. The van der Waals surface area contributed by atoms with E-state index in [0.29, 0.717) is 0 Å². The predicted octanol–water partition coefficient (Wildman–Crippen LogP) is 24.0. The molecule has 0 saturated heterocycles. The standard InChI is InChI=1S/C57H41N3O.C25H14Br2.2CH4/c1-38-26-30-47-48-31-27-43(35-52(48)57(51(47)34-38)49-24-14-12-22-45(49)46-23-13-15-25-50(46)57)59(40-18-8-4-9-19-40)44-29-33-54-56(37-44)61-55-36-42(58(2)39-16-6-3-7-17-39)28-32-53(55)60(54)41-20-10-5-11-21-41;26-15-9-11-19-20-12-10-16(27)14-24(20)25(23(19)13-15)21-7-3-1-5-17(21)18-6-2-4-8-22(18)25;;/h3-37H,1-2H3;1-14H;2*1H4. The fourth-order valence-corrected chi connectivity index (χ4v) is 16.0. The van der Waals surface area contributed by atoms with Crippen LogP contribution >= 0.6 is 31.9 Å². The summed E-state index contributed by atoms with van der Waals surface area (Å²) < 4.78 is 9.24. The number of aryl methyl sites for hydroxylation is 1. The van der Waals surface area contributed by atoms with E-state index >= 15 is 0 Å². The summed E-state index contributed by atoms with van der Waals surface area (Å²) in [6.07, 6.45) is 0.